The molecule has 2 amide bonds. The Kier molecular flexibility index (Phi) is 6.96. The summed E-state index contributed by atoms with van der Waals surface area (Å²) < 4.78 is 46.2. The minimum atomic E-state index is -3.98. The lowest BCUT2D eigenvalue weighted by Crippen LogP contribution is -2.43. The molecule has 1 aliphatic carbocycles. The van der Waals surface area contributed by atoms with Gasteiger partial charge in [-0.05, 0) is 54.7 Å². The van der Waals surface area contributed by atoms with E-state index in [1.807, 2.05) is 0 Å². The fraction of sp³-hybridized carbons (Fsp3) is 0.320. The highest BCUT2D eigenvalue weighted by molar-refractivity contribution is 7.92. The molecule has 1 saturated carbocycles. The molecule has 2 N–H and O–H groups in total. The number of nitrogens with zero attached hydrogens (tertiary/aromatic N) is 2. The molecule has 196 valence electrons. The number of anilines is 1. The number of aliphatic carboxylic acids is 1. The van der Waals surface area contributed by atoms with E-state index in [9.17, 15) is 27.2 Å². The molecular formula is C25H26FN3O7S. The Balaban J connectivity index is 1.90. The second-order valence-electron chi connectivity index (χ2n) is 8.99. The molecule has 0 spiro atoms. The second kappa shape index (κ2) is 9.85. The van der Waals surface area contributed by atoms with E-state index in [0.717, 1.165) is 28.3 Å². The van der Waals surface area contributed by atoms with Crippen molar-refractivity contribution in [3.63, 3.8) is 0 Å². The first kappa shape index (κ1) is 26.1. The fourth-order valence-corrected chi connectivity index (χ4v) is 5.02. The molecule has 12 heteroatoms. The van der Waals surface area contributed by atoms with Crippen LogP contribution >= 0.6 is 0 Å². The van der Waals surface area contributed by atoms with Crippen LogP contribution in [0.25, 0.3) is 22.3 Å². The Morgan fingerprint density at radius 3 is 2.32 bits per heavy atom. The van der Waals surface area contributed by atoms with Crippen molar-refractivity contribution < 1.29 is 36.7 Å². The SMILES string of the molecule is CNC(=O)c1c(-c2ccc(F)cc2)oc2cc(N(CC(=O)N(C)CC(=O)O)S(C)(=O)=O)c(C3CC3)cc12. The van der Waals surface area contributed by atoms with Crippen molar-refractivity contribution in [2.45, 2.75) is 18.8 Å². The number of carboxylic acid groups (broad SMARTS) is 1. The Morgan fingerprint density at radius 2 is 1.78 bits per heavy atom. The van der Waals surface area contributed by atoms with Gasteiger partial charge in [-0.25, -0.2) is 12.8 Å². The first-order chi connectivity index (χ1) is 17.4. The fourth-order valence-electron chi connectivity index (χ4n) is 4.16. The summed E-state index contributed by atoms with van der Waals surface area (Å²) in [6, 6.07) is 8.61. The molecule has 0 radical (unpaired) electrons. The molecule has 0 bridgehead atoms. The smallest absolute Gasteiger partial charge is 0.323 e. The third kappa shape index (κ3) is 5.43. The Bertz CT molecular complexity index is 1490. The van der Waals surface area contributed by atoms with E-state index in [0.29, 0.717) is 16.5 Å². The zero-order valence-corrected chi connectivity index (χ0v) is 21.3. The number of carboxylic acids is 1. The van der Waals surface area contributed by atoms with E-state index in [4.69, 9.17) is 9.52 Å². The van der Waals surface area contributed by atoms with Crippen LogP contribution in [0, 0.1) is 5.82 Å². The van der Waals surface area contributed by atoms with Gasteiger partial charge in [0, 0.05) is 31.1 Å². The molecular weight excluding hydrogens is 505 g/mol. The first-order valence-corrected chi connectivity index (χ1v) is 13.3. The van der Waals surface area contributed by atoms with Crippen molar-refractivity contribution >= 4 is 44.5 Å². The molecule has 0 unspecified atom stereocenters. The van der Waals surface area contributed by atoms with Gasteiger partial charge in [0.1, 0.15) is 30.3 Å². The van der Waals surface area contributed by atoms with Crippen LogP contribution in [0.5, 0.6) is 0 Å². The van der Waals surface area contributed by atoms with Gasteiger partial charge in [0.15, 0.2) is 0 Å². The zero-order chi connectivity index (χ0) is 27.1. The summed E-state index contributed by atoms with van der Waals surface area (Å²) in [6.07, 6.45) is 2.54. The molecule has 1 fully saturated rings. The van der Waals surface area contributed by atoms with Crippen LogP contribution in [0.3, 0.4) is 0 Å². The standard InChI is InChI=1S/C25H26FN3O7S/c1-27-25(33)23-18-10-17(14-4-5-14)19(11-20(18)36-24(23)15-6-8-16(26)9-7-15)29(37(3,34)35)12-21(30)28(2)13-22(31)32/h6-11,14H,4-5,12-13H2,1-3H3,(H,27,33)(H,31,32). The number of nitrogens with one attached hydrogen (secondary N) is 1. The summed E-state index contributed by atoms with van der Waals surface area (Å²) in [6.45, 7) is -1.19. The van der Waals surface area contributed by atoms with Gasteiger partial charge >= 0.3 is 5.97 Å². The number of fused-ring (bicyclic) bond motifs is 1. The molecule has 0 saturated heterocycles. The number of furan rings is 1. The molecule has 2 aromatic carbocycles. The number of amides is 2. The van der Waals surface area contributed by atoms with Gasteiger partial charge in [-0.3, -0.25) is 18.7 Å². The van der Waals surface area contributed by atoms with E-state index in [2.05, 4.69) is 5.32 Å². The van der Waals surface area contributed by atoms with Gasteiger partial charge in [0.2, 0.25) is 15.9 Å². The quantitative estimate of drug-likeness (QED) is 0.433. The Labute approximate surface area is 212 Å². The highest BCUT2D eigenvalue weighted by Crippen LogP contribution is 2.48. The van der Waals surface area contributed by atoms with Crippen LogP contribution in [0.15, 0.2) is 40.8 Å². The number of hydrogen-bond acceptors (Lipinski definition) is 6. The van der Waals surface area contributed by atoms with E-state index in [1.165, 1.54) is 44.4 Å². The minimum Gasteiger partial charge on any atom is -0.480 e. The average Bonchev–Trinajstić information content (AvgIpc) is 3.61. The molecule has 1 aromatic heterocycles. The Hall–Kier alpha value is -3.93. The monoisotopic (exact) mass is 531 g/mol. The highest BCUT2D eigenvalue weighted by atomic mass is 32.2. The summed E-state index contributed by atoms with van der Waals surface area (Å²) >= 11 is 0. The molecule has 1 heterocycles. The van der Waals surface area contributed by atoms with Crippen LogP contribution in [-0.4, -0.2) is 69.6 Å². The van der Waals surface area contributed by atoms with Gasteiger partial charge in [-0.15, -0.1) is 0 Å². The summed E-state index contributed by atoms with van der Waals surface area (Å²) in [5.41, 5.74) is 1.73. The second-order valence-corrected chi connectivity index (χ2v) is 10.9. The van der Waals surface area contributed by atoms with Gasteiger partial charge in [-0.2, -0.15) is 0 Å². The number of rotatable bonds is 9. The first-order valence-electron chi connectivity index (χ1n) is 11.4. The summed E-state index contributed by atoms with van der Waals surface area (Å²) in [4.78, 5) is 37.6. The molecule has 37 heavy (non-hydrogen) atoms. The average molecular weight is 532 g/mol. The molecule has 1 aliphatic rings. The Morgan fingerprint density at radius 1 is 1.14 bits per heavy atom. The number of halogens is 1. The van der Waals surface area contributed by atoms with Gasteiger partial charge < -0.3 is 19.7 Å². The number of carbonyl (C=O) groups is 3. The third-order valence-corrected chi connectivity index (χ3v) is 7.29. The van der Waals surface area contributed by atoms with Gasteiger partial charge in [-0.1, -0.05) is 0 Å². The number of hydrogen-bond donors (Lipinski definition) is 2. The molecule has 4 rings (SSSR count). The van der Waals surface area contributed by atoms with Crippen LogP contribution in [0.2, 0.25) is 0 Å². The normalized spacial score (nSPS) is 13.4. The summed E-state index contributed by atoms with van der Waals surface area (Å²) in [5, 5.41) is 12.0. The van der Waals surface area contributed by atoms with Gasteiger partial charge in [0.05, 0.1) is 17.5 Å². The predicted molar refractivity (Wildman–Crippen MR) is 134 cm³/mol. The maximum absolute atomic E-state index is 13.5. The molecule has 10 nitrogen and oxygen atoms in total. The zero-order valence-electron chi connectivity index (χ0n) is 20.4. The molecule has 0 aliphatic heterocycles. The summed E-state index contributed by atoms with van der Waals surface area (Å²) in [7, 11) is -1.23. The highest BCUT2D eigenvalue weighted by Gasteiger charge is 2.34. The van der Waals surface area contributed by atoms with Crippen LogP contribution in [0.1, 0.15) is 34.7 Å². The molecule has 3 aromatic rings. The number of sulfonamides is 1. The van der Waals surface area contributed by atoms with E-state index < -0.39 is 46.7 Å². The minimum absolute atomic E-state index is 0.0113. The predicted octanol–water partition coefficient (Wildman–Crippen LogP) is 2.78. The van der Waals surface area contributed by atoms with E-state index in [-0.39, 0.29) is 28.5 Å². The lowest BCUT2D eigenvalue weighted by Gasteiger charge is -2.26. The van der Waals surface area contributed by atoms with Crippen molar-refractivity contribution in [2.24, 2.45) is 0 Å². The largest absolute Gasteiger partial charge is 0.480 e. The van der Waals surface area contributed by atoms with E-state index in [1.54, 1.807) is 6.07 Å². The van der Waals surface area contributed by atoms with Crippen molar-refractivity contribution in [2.75, 3.05) is 37.7 Å². The van der Waals surface area contributed by atoms with E-state index >= 15 is 0 Å². The third-order valence-electron chi connectivity index (χ3n) is 6.16. The molecule has 0 atom stereocenters. The lowest BCUT2D eigenvalue weighted by molar-refractivity contribution is -0.142. The van der Waals surface area contributed by atoms with Gasteiger partial charge in [0.25, 0.3) is 5.91 Å². The van der Waals surface area contributed by atoms with Crippen LogP contribution in [0.4, 0.5) is 10.1 Å². The number of carbonyl (C=O) groups excluding carboxylic acids is 2. The lowest BCUT2D eigenvalue weighted by atomic mass is 10.0. The maximum atomic E-state index is 13.5. The summed E-state index contributed by atoms with van der Waals surface area (Å²) in [5.74, 6) is -2.62. The van der Waals surface area contributed by atoms with Crippen molar-refractivity contribution in [3.05, 3.63) is 53.3 Å². The number of likely N-dealkylation sites (N-methyl/N-ethyl adjacent to an activating group) is 1. The van der Waals surface area contributed by atoms with Crippen LogP contribution < -0.4 is 9.62 Å². The van der Waals surface area contributed by atoms with Crippen molar-refractivity contribution in [1.82, 2.24) is 10.2 Å². The number of benzene rings is 2. The maximum Gasteiger partial charge on any atom is 0.323 e. The topological polar surface area (TPSA) is 137 Å². The van der Waals surface area contributed by atoms with Crippen molar-refractivity contribution in [1.29, 1.82) is 0 Å². The van der Waals surface area contributed by atoms with Crippen LogP contribution in [-0.2, 0) is 19.6 Å². The van der Waals surface area contributed by atoms with Crippen molar-refractivity contribution in [3.8, 4) is 11.3 Å².